The van der Waals surface area contributed by atoms with Crippen LogP contribution >= 0.6 is 0 Å². The zero-order chi connectivity index (χ0) is 10.1. The SMILES string of the molecule is c1ccn2c(C3CCCNC3)ncc2c1. The molecule has 0 bridgehead atoms. The second-order valence-corrected chi connectivity index (χ2v) is 4.16. The minimum atomic E-state index is 0.573. The summed E-state index contributed by atoms with van der Waals surface area (Å²) in [7, 11) is 0. The average molecular weight is 201 g/mol. The van der Waals surface area contributed by atoms with Crippen LogP contribution in [0.4, 0.5) is 0 Å². The van der Waals surface area contributed by atoms with Gasteiger partial charge in [-0.15, -0.1) is 0 Å². The predicted octanol–water partition coefficient (Wildman–Crippen LogP) is 1.80. The van der Waals surface area contributed by atoms with Crippen molar-refractivity contribution in [3.05, 3.63) is 36.4 Å². The average Bonchev–Trinajstić information content (AvgIpc) is 2.74. The van der Waals surface area contributed by atoms with Crippen LogP contribution in [-0.4, -0.2) is 22.5 Å². The number of rotatable bonds is 1. The molecule has 0 aliphatic carbocycles. The molecule has 2 aromatic rings. The quantitative estimate of drug-likeness (QED) is 0.762. The van der Waals surface area contributed by atoms with E-state index in [1.54, 1.807) is 0 Å². The van der Waals surface area contributed by atoms with Gasteiger partial charge in [-0.3, -0.25) is 0 Å². The van der Waals surface area contributed by atoms with E-state index in [4.69, 9.17) is 0 Å². The van der Waals surface area contributed by atoms with Gasteiger partial charge in [0.15, 0.2) is 0 Å². The molecule has 3 nitrogen and oxygen atoms in total. The van der Waals surface area contributed by atoms with Gasteiger partial charge in [0.25, 0.3) is 0 Å². The molecule has 3 rings (SSSR count). The second-order valence-electron chi connectivity index (χ2n) is 4.16. The zero-order valence-electron chi connectivity index (χ0n) is 8.69. The number of hydrogen-bond acceptors (Lipinski definition) is 2. The lowest BCUT2D eigenvalue weighted by atomic mass is 9.99. The van der Waals surface area contributed by atoms with Gasteiger partial charge >= 0.3 is 0 Å². The summed E-state index contributed by atoms with van der Waals surface area (Å²) < 4.78 is 2.21. The van der Waals surface area contributed by atoms with Gasteiger partial charge in [0.05, 0.1) is 11.7 Å². The summed E-state index contributed by atoms with van der Waals surface area (Å²) >= 11 is 0. The fraction of sp³-hybridized carbons (Fsp3) is 0.417. The van der Waals surface area contributed by atoms with E-state index in [1.807, 2.05) is 6.20 Å². The largest absolute Gasteiger partial charge is 0.316 e. The monoisotopic (exact) mass is 201 g/mol. The van der Waals surface area contributed by atoms with Crippen LogP contribution in [0.3, 0.4) is 0 Å². The highest BCUT2D eigenvalue weighted by atomic mass is 15.0. The van der Waals surface area contributed by atoms with Crippen LogP contribution in [-0.2, 0) is 0 Å². The molecule has 3 heteroatoms. The maximum Gasteiger partial charge on any atom is 0.117 e. The molecule has 0 aromatic carbocycles. The van der Waals surface area contributed by atoms with Crippen LogP contribution in [0.25, 0.3) is 5.52 Å². The number of piperidine rings is 1. The standard InChI is InChI=1S/C12H15N3/c1-2-7-15-11(5-1)9-14-12(15)10-4-3-6-13-8-10/h1-2,5,7,9-10,13H,3-4,6,8H2. The first kappa shape index (κ1) is 8.92. The number of nitrogens with zero attached hydrogens (tertiary/aromatic N) is 2. The number of aromatic nitrogens is 2. The number of imidazole rings is 1. The fourth-order valence-corrected chi connectivity index (χ4v) is 2.34. The maximum absolute atomic E-state index is 4.54. The maximum atomic E-state index is 4.54. The summed E-state index contributed by atoms with van der Waals surface area (Å²) in [4.78, 5) is 4.54. The third kappa shape index (κ3) is 1.53. The molecule has 1 atom stereocenters. The smallest absolute Gasteiger partial charge is 0.117 e. The van der Waals surface area contributed by atoms with E-state index in [-0.39, 0.29) is 0 Å². The van der Waals surface area contributed by atoms with Gasteiger partial charge in [-0.25, -0.2) is 4.98 Å². The molecule has 1 fully saturated rings. The van der Waals surface area contributed by atoms with Crippen molar-refractivity contribution >= 4 is 5.52 Å². The Balaban J connectivity index is 2.02. The molecular weight excluding hydrogens is 186 g/mol. The Morgan fingerprint density at radius 3 is 3.27 bits per heavy atom. The van der Waals surface area contributed by atoms with Gasteiger partial charge in [-0.05, 0) is 31.5 Å². The summed E-state index contributed by atoms with van der Waals surface area (Å²) in [6, 6.07) is 6.22. The minimum absolute atomic E-state index is 0.573. The van der Waals surface area contributed by atoms with Gasteiger partial charge in [0.1, 0.15) is 5.82 Å². The number of hydrogen-bond donors (Lipinski definition) is 1. The van der Waals surface area contributed by atoms with Crippen LogP contribution in [0.15, 0.2) is 30.6 Å². The number of nitrogens with one attached hydrogen (secondary N) is 1. The minimum Gasteiger partial charge on any atom is -0.316 e. The molecule has 0 saturated carbocycles. The van der Waals surface area contributed by atoms with Crippen molar-refractivity contribution in [2.24, 2.45) is 0 Å². The third-order valence-electron chi connectivity index (χ3n) is 3.13. The Hall–Kier alpha value is -1.35. The molecule has 78 valence electrons. The summed E-state index contributed by atoms with van der Waals surface area (Å²) in [5, 5.41) is 3.43. The molecule has 1 aliphatic heterocycles. The lowest BCUT2D eigenvalue weighted by molar-refractivity contribution is 0.445. The molecule has 2 aromatic heterocycles. The highest BCUT2D eigenvalue weighted by Crippen LogP contribution is 2.22. The topological polar surface area (TPSA) is 29.3 Å². The Kier molecular flexibility index (Phi) is 2.18. The highest BCUT2D eigenvalue weighted by molar-refractivity contribution is 5.45. The van der Waals surface area contributed by atoms with Crippen molar-refractivity contribution in [3.63, 3.8) is 0 Å². The first-order chi connectivity index (χ1) is 7.45. The van der Waals surface area contributed by atoms with Crippen molar-refractivity contribution in [2.45, 2.75) is 18.8 Å². The lowest BCUT2D eigenvalue weighted by Gasteiger charge is -2.21. The van der Waals surface area contributed by atoms with Crippen molar-refractivity contribution in [1.29, 1.82) is 0 Å². The molecule has 1 aliphatic rings. The molecule has 0 amide bonds. The van der Waals surface area contributed by atoms with E-state index >= 15 is 0 Å². The molecular formula is C12H15N3. The highest BCUT2D eigenvalue weighted by Gasteiger charge is 2.18. The van der Waals surface area contributed by atoms with E-state index in [2.05, 4.69) is 39.1 Å². The van der Waals surface area contributed by atoms with Crippen molar-refractivity contribution in [1.82, 2.24) is 14.7 Å². The molecule has 1 N–H and O–H groups in total. The lowest BCUT2D eigenvalue weighted by Crippen LogP contribution is -2.29. The molecule has 15 heavy (non-hydrogen) atoms. The van der Waals surface area contributed by atoms with Crippen molar-refractivity contribution in [3.8, 4) is 0 Å². The van der Waals surface area contributed by atoms with Crippen molar-refractivity contribution < 1.29 is 0 Å². The van der Waals surface area contributed by atoms with Crippen LogP contribution in [0.5, 0.6) is 0 Å². The van der Waals surface area contributed by atoms with Crippen LogP contribution in [0.2, 0.25) is 0 Å². The van der Waals surface area contributed by atoms with E-state index in [9.17, 15) is 0 Å². The van der Waals surface area contributed by atoms with E-state index in [0.717, 1.165) is 13.1 Å². The first-order valence-corrected chi connectivity index (χ1v) is 5.58. The third-order valence-corrected chi connectivity index (χ3v) is 3.13. The van der Waals surface area contributed by atoms with Gasteiger partial charge in [0.2, 0.25) is 0 Å². The van der Waals surface area contributed by atoms with E-state index in [0.29, 0.717) is 5.92 Å². The first-order valence-electron chi connectivity index (χ1n) is 5.58. The molecule has 1 unspecified atom stereocenters. The van der Waals surface area contributed by atoms with Gasteiger partial charge in [-0.2, -0.15) is 0 Å². The van der Waals surface area contributed by atoms with Gasteiger partial charge < -0.3 is 9.72 Å². The number of pyridine rings is 1. The summed E-state index contributed by atoms with van der Waals surface area (Å²) in [6.45, 7) is 2.22. The van der Waals surface area contributed by atoms with Crippen LogP contribution in [0.1, 0.15) is 24.6 Å². The molecule has 1 saturated heterocycles. The van der Waals surface area contributed by atoms with E-state index < -0.39 is 0 Å². The number of fused-ring (bicyclic) bond motifs is 1. The fourth-order valence-electron chi connectivity index (χ4n) is 2.34. The Labute approximate surface area is 89.1 Å². The Bertz CT molecular complexity index is 455. The Morgan fingerprint density at radius 1 is 1.40 bits per heavy atom. The summed E-state index contributed by atoms with van der Waals surface area (Å²) in [6.07, 6.45) is 6.57. The zero-order valence-corrected chi connectivity index (χ0v) is 8.69. The van der Waals surface area contributed by atoms with E-state index in [1.165, 1.54) is 24.2 Å². The Morgan fingerprint density at radius 2 is 2.40 bits per heavy atom. The molecule has 3 heterocycles. The van der Waals surface area contributed by atoms with Gasteiger partial charge in [-0.1, -0.05) is 6.07 Å². The molecule has 0 radical (unpaired) electrons. The summed E-state index contributed by atoms with van der Waals surface area (Å²) in [5.74, 6) is 1.78. The van der Waals surface area contributed by atoms with Crippen LogP contribution in [0, 0.1) is 0 Å². The second kappa shape index (κ2) is 3.66. The predicted molar refractivity (Wildman–Crippen MR) is 60.0 cm³/mol. The van der Waals surface area contributed by atoms with Crippen molar-refractivity contribution in [2.75, 3.05) is 13.1 Å². The normalized spacial score (nSPS) is 22.0. The molecule has 0 spiro atoms. The van der Waals surface area contributed by atoms with Gasteiger partial charge in [0, 0.05) is 18.7 Å². The van der Waals surface area contributed by atoms with Crippen LogP contribution < -0.4 is 5.32 Å². The summed E-state index contributed by atoms with van der Waals surface area (Å²) in [5.41, 5.74) is 1.19.